The standard InChI is InChI=1S/C15H20Cl2N2O2/c1-19(2)15(7-4-8-15)14(21)18-9-12(20)13-10(16)5-3-6-11(13)17/h3,5-6,12,20H,4,7-9H2,1-2H3,(H,18,21). The van der Waals surface area contributed by atoms with E-state index in [1.165, 1.54) is 0 Å². The number of nitrogens with one attached hydrogen (secondary N) is 1. The van der Waals surface area contributed by atoms with Crippen LogP contribution in [0.25, 0.3) is 0 Å². The molecule has 1 aliphatic carbocycles. The summed E-state index contributed by atoms with van der Waals surface area (Å²) >= 11 is 12.1. The van der Waals surface area contributed by atoms with Gasteiger partial charge in [-0.2, -0.15) is 0 Å². The van der Waals surface area contributed by atoms with Gasteiger partial charge in [-0.05, 0) is 45.5 Å². The topological polar surface area (TPSA) is 52.6 Å². The number of hydrogen-bond acceptors (Lipinski definition) is 3. The number of carbonyl (C=O) groups excluding carboxylic acids is 1. The first kappa shape index (κ1) is 16.6. The van der Waals surface area contributed by atoms with Crippen molar-refractivity contribution in [2.45, 2.75) is 30.9 Å². The summed E-state index contributed by atoms with van der Waals surface area (Å²) in [5.41, 5.74) is 0.0120. The Morgan fingerprint density at radius 1 is 1.38 bits per heavy atom. The minimum absolute atomic E-state index is 0.0547. The van der Waals surface area contributed by atoms with Gasteiger partial charge in [-0.1, -0.05) is 29.3 Å². The molecule has 1 saturated carbocycles. The van der Waals surface area contributed by atoms with E-state index < -0.39 is 11.6 Å². The van der Waals surface area contributed by atoms with Crippen molar-refractivity contribution in [2.75, 3.05) is 20.6 Å². The number of rotatable bonds is 5. The lowest BCUT2D eigenvalue weighted by Crippen LogP contribution is -2.60. The Balaban J connectivity index is 2.01. The minimum atomic E-state index is -0.922. The van der Waals surface area contributed by atoms with Crippen molar-refractivity contribution in [3.05, 3.63) is 33.8 Å². The van der Waals surface area contributed by atoms with Crippen LogP contribution in [0.4, 0.5) is 0 Å². The van der Waals surface area contributed by atoms with Gasteiger partial charge in [0.15, 0.2) is 0 Å². The Bertz CT molecular complexity index is 510. The Morgan fingerprint density at radius 3 is 2.38 bits per heavy atom. The van der Waals surface area contributed by atoms with Crippen molar-refractivity contribution in [2.24, 2.45) is 0 Å². The second kappa shape index (κ2) is 6.53. The number of benzene rings is 1. The summed E-state index contributed by atoms with van der Waals surface area (Å²) in [4.78, 5) is 14.3. The van der Waals surface area contributed by atoms with E-state index in [-0.39, 0.29) is 12.5 Å². The van der Waals surface area contributed by atoms with Crippen LogP contribution in [0, 0.1) is 0 Å². The lowest BCUT2D eigenvalue weighted by Gasteiger charge is -2.45. The lowest BCUT2D eigenvalue weighted by molar-refractivity contribution is -0.137. The first-order valence-corrected chi connectivity index (χ1v) is 7.72. The molecule has 116 valence electrons. The first-order valence-electron chi connectivity index (χ1n) is 6.96. The number of aliphatic hydroxyl groups excluding tert-OH is 1. The van der Waals surface area contributed by atoms with E-state index in [4.69, 9.17) is 23.2 Å². The third-order valence-corrected chi connectivity index (χ3v) is 4.91. The minimum Gasteiger partial charge on any atom is -0.386 e. The highest BCUT2D eigenvalue weighted by Crippen LogP contribution is 2.36. The molecule has 0 bridgehead atoms. The second-order valence-electron chi connectivity index (χ2n) is 5.64. The number of carbonyl (C=O) groups is 1. The predicted octanol–water partition coefficient (Wildman–Crippen LogP) is 2.63. The fourth-order valence-electron chi connectivity index (χ4n) is 2.67. The summed E-state index contributed by atoms with van der Waals surface area (Å²) < 4.78 is 0. The van der Waals surface area contributed by atoms with Gasteiger partial charge in [-0.25, -0.2) is 0 Å². The molecule has 1 aromatic rings. The third kappa shape index (κ3) is 3.19. The van der Waals surface area contributed by atoms with Crippen LogP contribution in [0.15, 0.2) is 18.2 Å². The summed E-state index contributed by atoms with van der Waals surface area (Å²) in [5, 5.41) is 13.8. The highest BCUT2D eigenvalue weighted by atomic mass is 35.5. The van der Waals surface area contributed by atoms with Crippen LogP contribution >= 0.6 is 23.2 Å². The van der Waals surface area contributed by atoms with Gasteiger partial charge in [-0.3, -0.25) is 9.69 Å². The summed E-state index contributed by atoms with van der Waals surface area (Å²) in [6.07, 6.45) is 1.81. The van der Waals surface area contributed by atoms with Crippen molar-refractivity contribution in [3.8, 4) is 0 Å². The molecule has 1 unspecified atom stereocenters. The van der Waals surface area contributed by atoms with Crippen LogP contribution in [-0.2, 0) is 4.79 Å². The van der Waals surface area contributed by atoms with Gasteiger partial charge in [0.1, 0.15) is 0 Å². The molecule has 0 radical (unpaired) electrons. The summed E-state index contributed by atoms with van der Waals surface area (Å²) in [5.74, 6) is -0.0547. The van der Waals surface area contributed by atoms with E-state index in [9.17, 15) is 9.90 Å². The van der Waals surface area contributed by atoms with E-state index in [1.807, 2.05) is 19.0 Å². The predicted molar refractivity (Wildman–Crippen MR) is 84.7 cm³/mol. The fraction of sp³-hybridized carbons (Fsp3) is 0.533. The molecule has 1 aliphatic rings. The summed E-state index contributed by atoms with van der Waals surface area (Å²) in [6, 6.07) is 5.05. The van der Waals surface area contributed by atoms with Gasteiger partial charge in [-0.15, -0.1) is 0 Å². The highest BCUT2D eigenvalue weighted by Gasteiger charge is 2.46. The fourth-order valence-corrected chi connectivity index (χ4v) is 3.32. The molecule has 21 heavy (non-hydrogen) atoms. The van der Waals surface area contributed by atoms with Gasteiger partial charge >= 0.3 is 0 Å². The zero-order valence-corrected chi connectivity index (χ0v) is 13.7. The molecule has 0 heterocycles. The number of likely N-dealkylation sites (N-methyl/N-ethyl adjacent to an activating group) is 1. The molecule has 2 rings (SSSR count). The van der Waals surface area contributed by atoms with E-state index in [0.717, 1.165) is 19.3 Å². The molecule has 6 heteroatoms. The van der Waals surface area contributed by atoms with Crippen molar-refractivity contribution in [1.29, 1.82) is 0 Å². The molecule has 2 N–H and O–H groups in total. The number of halogens is 2. The zero-order chi connectivity index (χ0) is 15.6. The van der Waals surface area contributed by atoms with E-state index in [1.54, 1.807) is 18.2 Å². The number of amides is 1. The number of nitrogens with zero attached hydrogens (tertiary/aromatic N) is 1. The molecule has 0 spiro atoms. The second-order valence-corrected chi connectivity index (χ2v) is 6.46. The number of aliphatic hydroxyl groups is 1. The smallest absolute Gasteiger partial charge is 0.240 e. The highest BCUT2D eigenvalue weighted by molar-refractivity contribution is 6.36. The van der Waals surface area contributed by atoms with Crippen LogP contribution in [0.3, 0.4) is 0 Å². The van der Waals surface area contributed by atoms with E-state index in [0.29, 0.717) is 15.6 Å². The van der Waals surface area contributed by atoms with Gasteiger partial charge in [0.05, 0.1) is 11.6 Å². The monoisotopic (exact) mass is 330 g/mol. The number of hydrogen-bond donors (Lipinski definition) is 2. The van der Waals surface area contributed by atoms with Crippen molar-refractivity contribution in [1.82, 2.24) is 10.2 Å². The molecule has 1 aromatic carbocycles. The van der Waals surface area contributed by atoms with Crippen molar-refractivity contribution >= 4 is 29.1 Å². The molecule has 1 atom stereocenters. The van der Waals surface area contributed by atoms with Gasteiger partial charge in [0.2, 0.25) is 5.91 Å². The first-order chi connectivity index (χ1) is 9.88. The Kier molecular flexibility index (Phi) is 5.15. The van der Waals surface area contributed by atoms with Crippen molar-refractivity contribution < 1.29 is 9.90 Å². The van der Waals surface area contributed by atoms with Crippen LogP contribution in [0.5, 0.6) is 0 Å². The molecule has 0 aliphatic heterocycles. The Hall–Kier alpha value is -0.810. The lowest BCUT2D eigenvalue weighted by atomic mass is 9.75. The van der Waals surface area contributed by atoms with Gasteiger partial charge < -0.3 is 10.4 Å². The molecule has 1 fully saturated rings. The molecular formula is C15H20Cl2N2O2. The summed E-state index contributed by atoms with van der Waals surface area (Å²) in [6.45, 7) is 0.0951. The van der Waals surface area contributed by atoms with Crippen LogP contribution in [0.2, 0.25) is 10.0 Å². The van der Waals surface area contributed by atoms with Gasteiger partial charge in [0.25, 0.3) is 0 Å². The molecule has 1 amide bonds. The summed E-state index contributed by atoms with van der Waals surface area (Å²) in [7, 11) is 3.81. The quantitative estimate of drug-likeness (QED) is 0.872. The zero-order valence-electron chi connectivity index (χ0n) is 12.2. The maximum Gasteiger partial charge on any atom is 0.240 e. The SMILES string of the molecule is CN(C)C1(C(=O)NCC(O)c2c(Cl)cccc2Cl)CCC1. The van der Waals surface area contributed by atoms with Crippen LogP contribution < -0.4 is 5.32 Å². The third-order valence-electron chi connectivity index (χ3n) is 4.25. The van der Waals surface area contributed by atoms with E-state index >= 15 is 0 Å². The normalized spacial score (nSPS) is 18.2. The van der Waals surface area contributed by atoms with Gasteiger partial charge in [0, 0.05) is 22.2 Å². The molecule has 0 aromatic heterocycles. The average molecular weight is 331 g/mol. The van der Waals surface area contributed by atoms with Crippen LogP contribution in [0.1, 0.15) is 30.9 Å². The molecule has 4 nitrogen and oxygen atoms in total. The van der Waals surface area contributed by atoms with Crippen LogP contribution in [-0.4, -0.2) is 42.1 Å². The largest absolute Gasteiger partial charge is 0.386 e. The maximum atomic E-state index is 12.4. The average Bonchev–Trinajstić information content (AvgIpc) is 2.34. The Labute approximate surface area is 135 Å². The molecule has 0 saturated heterocycles. The van der Waals surface area contributed by atoms with Crippen molar-refractivity contribution in [3.63, 3.8) is 0 Å². The Morgan fingerprint density at radius 2 is 1.95 bits per heavy atom. The maximum absolute atomic E-state index is 12.4. The molecular weight excluding hydrogens is 311 g/mol. The van der Waals surface area contributed by atoms with E-state index in [2.05, 4.69) is 5.32 Å².